The van der Waals surface area contributed by atoms with Gasteiger partial charge in [0, 0.05) is 11.5 Å². The van der Waals surface area contributed by atoms with Crippen LogP contribution in [-0.2, 0) is 22.3 Å². The Kier molecular flexibility index (Phi) is 7.67. The molecule has 1 heterocycles. The summed E-state index contributed by atoms with van der Waals surface area (Å²) in [5, 5.41) is 0. The highest BCUT2D eigenvalue weighted by molar-refractivity contribution is 5.27. The molecular weight excluding hydrogens is 332 g/mol. The van der Waals surface area contributed by atoms with Crippen molar-refractivity contribution in [2.75, 3.05) is 13.2 Å². The number of allylic oxidation sites excluding steroid dienone is 1. The Bertz CT molecular complexity index is 679. The van der Waals surface area contributed by atoms with Crippen LogP contribution in [0.25, 0.3) is 0 Å². The highest BCUT2D eigenvalue weighted by atomic mass is 16.7. The fourth-order valence-electron chi connectivity index (χ4n) is 3.59. The summed E-state index contributed by atoms with van der Waals surface area (Å²) in [6, 6.07) is 17.6. The van der Waals surface area contributed by atoms with Crippen molar-refractivity contribution in [1.29, 1.82) is 0 Å². The van der Waals surface area contributed by atoms with Crippen molar-refractivity contribution in [2.24, 2.45) is 0 Å². The van der Waals surface area contributed by atoms with E-state index in [1.165, 1.54) is 36.0 Å². The maximum absolute atomic E-state index is 6.03. The molecule has 144 valence electrons. The van der Waals surface area contributed by atoms with Gasteiger partial charge in [0.25, 0.3) is 0 Å². The van der Waals surface area contributed by atoms with E-state index in [0.717, 1.165) is 24.8 Å². The largest absolute Gasteiger partial charge is 0.348 e. The lowest BCUT2D eigenvalue weighted by molar-refractivity contribution is -0.191. The van der Waals surface area contributed by atoms with Gasteiger partial charge in [0.1, 0.15) is 0 Å². The Hall–Kier alpha value is -1.90. The van der Waals surface area contributed by atoms with Crippen molar-refractivity contribution in [2.45, 2.75) is 57.7 Å². The fraction of sp³-hybridized carbons (Fsp3) is 0.440. The SMILES string of the molecule is C=CCCCCc1ccc(C2OCC(c3ccc(CCC)cc3)CO2)cc1. The number of rotatable bonds is 9. The van der Waals surface area contributed by atoms with Crippen molar-refractivity contribution in [1.82, 2.24) is 0 Å². The quantitative estimate of drug-likeness (QED) is 0.380. The summed E-state index contributed by atoms with van der Waals surface area (Å²) < 4.78 is 12.1. The second-order valence-corrected chi connectivity index (χ2v) is 7.46. The van der Waals surface area contributed by atoms with E-state index in [0.29, 0.717) is 19.1 Å². The summed E-state index contributed by atoms with van der Waals surface area (Å²) in [6.45, 7) is 7.41. The first-order valence-electron chi connectivity index (χ1n) is 10.3. The first-order chi connectivity index (χ1) is 13.3. The third-order valence-electron chi connectivity index (χ3n) is 5.26. The lowest BCUT2D eigenvalue weighted by atomic mass is 9.97. The average Bonchev–Trinajstić information content (AvgIpc) is 2.73. The van der Waals surface area contributed by atoms with Crippen molar-refractivity contribution >= 4 is 0 Å². The van der Waals surface area contributed by atoms with Crippen LogP contribution < -0.4 is 0 Å². The Labute approximate surface area is 164 Å². The zero-order valence-corrected chi connectivity index (χ0v) is 16.5. The molecule has 2 aromatic rings. The number of aryl methyl sites for hydroxylation is 2. The molecule has 2 heteroatoms. The summed E-state index contributed by atoms with van der Waals surface area (Å²) in [5.74, 6) is 0.320. The number of hydrogen-bond donors (Lipinski definition) is 0. The second kappa shape index (κ2) is 10.4. The van der Waals surface area contributed by atoms with Gasteiger partial charge in [-0.2, -0.15) is 0 Å². The third-order valence-corrected chi connectivity index (χ3v) is 5.26. The van der Waals surface area contributed by atoms with Gasteiger partial charge in [-0.25, -0.2) is 0 Å². The maximum atomic E-state index is 6.03. The topological polar surface area (TPSA) is 18.5 Å². The maximum Gasteiger partial charge on any atom is 0.183 e. The Morgan fingerprint density at radius 1 is 0.852 bits per heavy atom. The number of unbranched alkanes of at least 4 members (excludes halogenated alkanes) is 2. The molecule has 2 aromatic carbocycles. The Morgan fingerprint density at radius 2 is 1.44 bits per heavy atom. The zero-order chi connectivity index (χ0) is 18.9. The minimum atomic E-state index is -0.240. The van der Waals surface area contributed by atoms with Gasteiger partial charge in [-0.3, -0.25) is 0 Å². The highest BCUT2D eigenvalue weighted by Gasteiger charge is 2.24. The standard InChI is InChI=1S/C25H32O2/c1-3-5-6-7-9-21-12-16-23(17-13-21)25-26-18-24(19-27-25)22-14-10-20(8-4-2)11-15-22/h3,10-17,24-25H,1,4-9,18-19H2,2H3. The smallest absolute Gasteiger partial charge is 0.183 e. The van der Waals surface area contributed by atoms with Crippen LogP contribution in [-0.4, -0.2) is 13.2 Å². The van der Waals surface area contributed by atoms with E-state index in [9.17, 15) is 0 Å². The minimum absolute atomic E-state index is 0.240. The van der Waals surface area contributed by atoms with Crippen molar-refractivity contribution in [3.05, 3.63) is 83.4 Å². The first-order valence-corrected chi connectivity index (χ1v) is 10.3. The van der Waals surface area contributed by atoms with Gasteiger partial charge in [0.15, 0.2) is 6.29 Å². The van der Waals surface area contributed by atoms with Crippen LogP contribution in [0.5, 0.6) is 0 Å². The number of hydrogen-bond acceptors (Lipinski definition) is 2. The predicted molar refractivity (Wildman–Crippen MR) is 112 cm³/mol. The van der Waals surface area contributed by atoms with Crippen LogP contribution in [0, 0.1) is 0 Å². The van der Waals surface area contributed by atoms with E-state index in [4.69, 9.17) is 9.47 Å². The van der Waals surface area contributed by atoms with Crippen LogP contribution in [0.15, 0.2) is 61.2 Å². The molecule has 27 heavy (non-hydrogen) atoms. The molecule has 2 nitrogen and oxygen atoms in total. The number of ether oxygens (including phenoxy) is 2. The fourth-order valence-corrected chi connectivity index (χ4v) is 3.59. The van der Waals surface area contributed by atoms with Gasteiger partial charge in [0.2, 0.25) is 0 Å². The van der Waals surface area contributed by atoms with Gasteiger partial charge < -0.3 is 9.47 Å². The lowest BCUT2D eigenvalue weighted by Gasteiger charge is -2.30. The molecule has 0 radical (unpaired) electrons. The van der Waals surface area contributed by atoms with Crippen LogP contribution in [0.2, 0.25) is 0 Å². The van der Waals surface area contributed by atoms with E-state index in [1.807, 2.05) is 6.08 Å². The molecule has 0 atom stereocenters. The third kappa shape index (κ3) is 5.79. The molecule has 0 bridgehead atoms. The van der Waals surface area contributed by atoms with E-state index in [2.05, 4.69) is 62.0 Å². The van der Waals surface area contributed by atoms with Gasteiger partial charge >= 0.3 is 0 Å². The predicted octanol–water partition coefficient (Wildman–Crippen LogP) is 6.37. The van der Waals surface area contributed by atoms with Crippen molar-refractivity contribution in [3.63, 3.8) is 0 Å². The van der Waals surface area contributed by atoms with E-state index in [1.54, 1.807) is 0 Å². The van der Waals surface area contributed by atoms with Gasteiger partial charge in [-0.1, -0.05) is 68.0 Å². The van der Waals surface area contributed by atoms with E-state index in [-0.39, 0.29) is 6.29 Å². The van der Waals surface area contributed by atoms with E-state index >= 15 is 0 Å². The summed E-state index contributed by atoms with van der Waals surface area (Å²) in [4.78, 5) is 0. The van der Waals surface area contributed by atoms with Crippen molar-refractivity contribution < 1.29 is 9.47 Å². The molecule has 0 aromatic heterocycles. The van der Waals surface area contributed by atoms with Crippen LogP contribution >= 0.6 is 0 Å². The lowest BCUT2D eigenvalue weighted by Crippen LogP contribution is -2.25. The molecule has 0 aliphatic carbocycles. The van der Waals surface area contributed by atoms with Gasteiger partial charge in [-0.15, -0.1) is 6.58 Å². The minimum Gasteiger partial charge on any atom is -0.348 e. The zero-order valence-electron chi connectivity index (χ0n) is 16.5. The van der Waals surface area contributed by atoms with Crippen molar-refractivity contribution in [3.8, 4) is 0 Å². The molecule has 0 saturated carbocycles. The molecule has 0 unspecified atom stereocenters. The summed E-state index contributed by atoms with van der Waals surface area (Å²) in [6.07, 6.45) is 8.72. The molecule has 0 amide bonds. The molecular formula is C25H32O2. The van der Waals surface area contributed by atoms with E-state index < -0.39 is 0 Å². The molecule has 0 spiro atoms. The summed E-state index contributed by atoms with van der Waals surface area (Å²) in [5.41, 5.74) is 5.20. The monoisotopic (exact) mass is 364 g/mol. The summed E-state index contributed by atoms with van der Waals surface area (Å²) >= 11 is 0. The first kappa shape index (κ1) is 19.9. The summed E-state index contributed by atoms with van der Waals surface area (Å²) in [7, 11) is 0. The molecule has 0 N–H and O–H groups in total. The molecule has 1 aliphatic rings. The molecule has 1 aliphatic heterocycles. The molecule has 3 rings (SSSR count). The Balaban J connectivity index is 1.49. The Morgan fingerprint density at radius 3 is 2.04 bits per heavy atom. The highest BCUT2D eigenvalue weighted by Crippen LogP contribution is 2.30. The van der Waals surface area contributed by atoms with Crippen LogP contribution in [0.1, 0.15) is 67.1 Å². The van der Waals surface area contributed by atoms with Crippen LogP contribution in [0.3, 0.4) is 0 Å². The number of benzene rings is 2. The molecule has 1 fully saturated rings. The molecule has 1 saturated heterocycles. The van der Waals surface area contributed by atoms with Gasteiger partial charge in [0.05, 0.1) is 13.2 Å². The average molecular weight is 365 g/mol. The normalized spacial score (nSPS) is 19.7. The van der Waals surface area contributed by atoms with Crippen LogP contribution in [0.4, 0.5) is 0 Å². The van der Waals surface area contributed by atoms with Gasteiger partial charge in [-0.05, 0) is 48.8 Å². The second-order valence-electron chi connectivity index (χ2n) is 7.46.